The minimum atomic E-state index is -1.01. The van der Waals surface area contributed by atoms with Crippen LogP contribution < -0.4 is 11.1 Å². The van der Waals surface area contributed by atoms with Gasteiger partial charge < -0.3 is 9.73 Å². The van der Waals surface area contributed by atoms with Gasteiger partial charge in [-0.2, -0.15) is 0 Å². The van der Waals surface area contributed by atoms with Crippen molar-refractivity contribution in [3.63, 3.8) is 0 Å². The van der Waals surface area contributed by atoms with Crippen molar-refractivity contribution >= 4 is 22.7 Å². The Morgan fingerprint density at radius 1 is 1.17 bits per heavy atom. The number of amides is 1. The van der Waals surface area contributed by atoms with Crippen LogP contribution in [0.2, 0.25) is 0 Å². The number of carbonyl (C=O) groups is 1. The standard InChI is InChI=1S/C17H14F2N2O3/c1-21-14-8-10(2-6-15(14)24-17(21)23)3-7-16(22)20-11-4-5-12(18)13(19)9-11/h2,4-6,8-9H,3,7H2,1H3,(H,20,22). The number of nitrogens with zero attached hydrogens (tertiary/aromatic N) is 1. The third-order valence-corrected chi connectivity index (χ3v) is 3.70. The lowest BCUT2D eigenvalue weighted by molar-refractivity contribution is -0.116. The highest BCUT2D eigenvalue weighted by atomic mass is 19.2. The minimum Gasteiger partial charge on any atom is -0.408 e. The number of hydrogen-bond donors (Lipinski definition) is 1. The predicted molar refractivity (Wildman–Crippen MR) is 84.8 cm³/mol. The number of anilines is 1. The first-order valence-electron chi connectivity index (χ1n) is 7.27. The summed E-state index contributed by atoms with van der Waals surface area (Å²) in [7, 11) is 1.60. The first kappa shape index (κ1) is 15.9. The summed E-state index contributed by atoms with van der Waals surface area (Å²) in [6, 6.07) is 8.42. The van der Waals surface area contributed by atoms with Crippen LogP contribution in [0.1, 0.15) is 12.0 Å². The fraction of sp³-hybridized carbons (Fsp3) is 0.176. The fourth-order valence-electron chi connectivity index (χ4n) is 2.38. The Labute approximate surface area is 135 Å². The molecule has 0 radical (unpaired) electrons. The monoisotopic (exact) mass is 332 g/mol. The highest BCUT2D eigenvalue weighted by Gasteiger charge is 2.09. The lowest BCUT2D eigenvalue weighted by Crippen LogP contribution is -2.12. The number of rotatable bonds is 4. The number of halogens is 2. The van der Waals surface area contributed by atoms with Gasteiger partial charge in [-0.25, -0.2) is 13.6 Å². The Morgan fingerprint density at radius 3 is 2.71 bits per heavy atom. The Balaban J connectivity index is 1.66. The van der Waals surface area contributed by atoms with Crippen LogP contribution in [0.4, 0.5) is 14.5 Å². The van der Waals surface area contributed by atoms with Gasteiger partial charge in [-0.3, -0.25) is 9.36 Å². The van der Waals surface area contributed by atoms with Crippen LogP contribution in [-0.2, 0) is 18.3 Å². The zero-order valence-electron chi connectivity index (χ0n) is 12.8. The molecule has 1 amide bonds. The molecular weight excluding hydrogens is 318 g/mol. The lowest BCUT2D eigenvalue weighted by Gasteiger charge is -2.06. The van der Waals surface area contributed by atoms with Crippen molar-refractivity contribution in [1.29, 1.82) is 0 Å². The van der Waals surface area contributed by atoms with Crippen molar-refractivity contribution in [3.8, 4) is 0 Å². The number of nitrogens with one attached hydrogen (secondary N) is 1. The van der Waals surface area contributed by atoms with Crippen LogP contribution in [0.3, 0.4) is 0 Å². The van der Waals surface area contributed by atoms with Gasteiger partial charge in [0.1, 0.15) is 0 Å². The molecule has 0 spiro atoms. The average molecular weight is 332 g/mol. The Kier molecular flexibility index (Phi) is 4.16. The van der Waals surface area contributed by atoms with E-state index in [1.165, 1.54) is 10.6 Å². The van der Waals surface area contributed by atoms with E-state index >= 15 is 0 Å². The highest BCUT2D eigenvalue weighted by molar-refractivity contribution is 5.90. The van der Waals surface area contributed by atoms with Crippen molar-refractivity contribution in [2.24, 2.45) is 7.05 Å². The second-order valence-corrected chi connectivity index (χ2v) is 5.41. The van der Waals surface area contributed by atoms with Crippen LogP contribution in [0.25, 0.3) is 11.1 Å². The van der Waals surface area contributed by atoms with Gasteiger partial charge in [0.25, 0.3) is 0 Å². The molecule has 0 saturated heterocycles. The average Bonchev–Trinajstić information content (AvgIpc) is 2.84. The van der Waals surface area contributed by atoms with Gasteiger partial charge in [-0.1, -0.05) is 6.07 Å². The van der Waals surface area contributed by atoms with Gasteiger partial charge in [0.05, 0.1) is 5.52 Å². The van der Waals surface area contributed by atoms with Gasteiger partial charge in [-0.15, -0.1) is 0 Å². The van der Waals surface area contributed by atoms with Crippen LogP contribution in [0, 0.1) is 11.6 Å². The first-order valence-corrected chi connectivity index (χ1v) is 7.27. The van der Waals surface area contributed by atoms with Crippen LogP contribution in [-0.4, -0.2) is 10.5 Å². The second kappa shape index (κ2) is 6.27. The number of aromatic nitrogens is 1. The molecule has 3 rings (SSSR count). The molecule has 7 heteroatoms. The summed E-state index contributed by atoms with van der Waals surface area (Å²) < 4.78 is 32.4. The number of benzene rings is 2. The smallest absolute Gasteiger partial charge is 0.408 e. The molecule has 1 N–H and O–H groups in total. The summed E-state index contributed by atoms with van der Waals surface area (Å²) in [5, 5.41) is 2.51. The molecule has 24 heavy (non-hydrogen) atoms. The number of aryl methyl sites for hydroxylation is 2. The molecule has 5 nitrogen and oxygen atoms in total. The molecular formula is C17H14F2N2O3. The summed E-state index contributed by atoms with van der Waals surface area (Å²) in [6.45, 7) is 0. The van der Waals surface area contributed by atoms with Gasteiger partial charge in [0.15, 0.2) is 17.2 Å². The SMILES string of the molecule is Cn1c(=O)oc2ccc(CCC(=O)Nc3ccc(F)c(F)c3)cc21. The van der Waals surface area contributed by atoms with Gasteiger partial charge in [0, 0.05) is 25.2 Å². The summed E-state index contributed by atoms with van der Waals surface area (Å²) in [4.78, 5) is 23.4. The number of hydrogen-bond acceptors (Lipinski definition) is 3. The summed E-state index contributed by atoms with van der Waals surface area (Å²) >= 11 is 0. The van der Waals surface area contributed by atoms with Crippen molar-refractivity contribution in [3.05, 3.63) is 64.1 Å². The maximum atomic E-state index is 13.1. The maximum absolute atomic E-state index is 13.1. The summed E-state index contributed by atoms with van der Waals surface area (Å²) in [6.07, 6.45) is 0.598. The molecule has 0 unspecified atom stereocenters. The van der Waals surface area contributed by atoms with Gasteiger partial charge >= 0.3 is 5.76 Å². The van der Waals surface area contributed by atoms with Crippen molar-refractivity contribution in [2.75, 3.05) is 5.32 Å². The normalized spacial score (nSPS) is 11.0. The summed E-state index contributed by atoms with van der Waals surface area (Å²) in [5.41, 5.74) is 2.20. The van der Waals surface area contributed by atoms with E-state index in [4.69, 9.17) is 4.42 Å². The predicted octanol–water partition coefficient (Wildman–Crippen LogP) is 2.98. The molecule has 0 aliphatic heterocycles. The molecule has 0 saturated carbocycles. The molecule has 1 aromatic heterocycles. The van der Waals surface area contributed by atoms with Gasteiger partial charge in [-0.05, 0) is 36.2 Å². The minimum absolute atomic E-state index is 0.163. The summed E-state index contributed by atoms with van der Waals surface area (Å²) in [5.74, 6) is -2.74. The van der Waals surface area contributed by atoms with E-state index < -0.39 is 17.4 Å². The van der Waals surface area contributed by atoms with E-state index in [0.29, 0.717) is 17.5 Å². The van der Waals surface area contributed by atoms with E-state index in [-0.39, 0.29) is 18.0 Å². The molecule has 2 aromatic carbocycles. The zero-order chi connectivity index (χ0) is 17.3. The molecule has 0 aliphatic carbocycles. The quantitative estimate of drug-likeness (QED) is 0.799. The van der Waals surface area contributed by atoms with E-state index in [9.17, 15) is 18.4 Å². The van der Waals surface area contributed by atoms with Crippen LogP contribution in [0.5, 0.6) is 0 Å². The molecule has 0 bridgehead atoms. The highest BCUT2D eigenvalue weighted by Crippen LogP contribution is 2.16. The lowest BCUT2D eigenvalue weighted by atomic mass is 10.1. The van der Waals surface area contributed by atoms with Crippen molar-refractivity contribution < 1.29 is 18.0 Å². The van der Waals surface area contributed by atoms with E-state index in [1.54, 1.807) is 25.2 Å². The fourth-order valence-corrected chi connectivity index (χ4v) is 2.38. The van der Waals surface area contributed by atoms with Crippen molar-refractivity contribution in [1.82, 2.24) is 4.57 Å². The number of fused-ring (bicyclic) bond motifs is 1. The number of oxazole rings is 1. The zero-order valence-corrected chi connectivity index (χ0v) is 12.8. The molecule has 124 valence electrons. The molecule has 0 aliphatic rings. The topological polar surface area (TPSA) is 64.2 Å². The molecule has 3 aromatic rings. The third kappa shape index (κ3) is 3.19. The molecule has 0 atom stereocenters. The van der Waals surface area contributed by atoms with E-state index in [1.807, 2.05) is 0 Å². The number of carbonyl (C=O) groups excluding carboxylic acids is 1. The molecule has 0 fully saturated rings. The Bertz CT molecular complexity index is 976. The second-order valence-electron chi connectivity index (χ2n) is 5.41. The van der Waals surface area contributed by atoms with Crippen LogP contribution in [0.15, 0.2) is 45.6 Å². The van der Waals surface area contributed by atoms with E-state index in [2.05, 4.69) is 5.32 Å². The first-order chi connectivity index (χ1) is 11.4. The Hall–Kier alpha value is -2.96. The third-order valence-electron chi connectivity index (χ3n) is 3.70. The molecule has 1 heterocycles. The van der Waals surface area contributed by atoms with Gasteiger partial charge in [0.2, 0.25) is 5.91 Å². The van der Waals surface area contributed by atoms with Crippen molar-refractivity contribution in [2.45, 2.75) is 12.8 Å². The largest absolute Gasteiger partial charge is 0.419 e. The Morgan fingerprint density at radius 2 is 1.96 bits per heavy atom. The van der Waals surface area contributed by atoms with Crippen LogP contribution >= 0.6 is 0 Å². The maximum Gasteiger partial charge on any atom is 0.419 e. The van der Waals surface area contributed by atoms with E-state index in [0.717, 1.165) is 17.7 Å².